The molecule has 1 rings (SSSR count). The van der Waals surface area contributed by atoms with Gasteiger partial charge < -0.3 is 15.4 Å². The number of ether oxygens (including phenoxy) is 1. The van der Waals surface area contributed by atoms with E-state index in [0.29, 0.717) is 26.3 Å². The van der Waals surface area contributed by atoms with E-state index in [0.717, 1.165) is 6.54 Å². The Morgan fingerprint density at radius 3 is 2.88 bits per heavy atom. The lowest BCUT2D eigenvalue weighted by atomic mass is 10.2. The Hall–Kier alpha value is -0.650. The first-order valence-electron chi connectivity index (χ1n) is 5.83. The summed E-state index contributed by atoms with van der Waals surface area (Å²) >= 11 is 0. The van der Waals surface area contributed by atoms with Crippen molar-refractivity contribution in [1.82, 2.24) is 9.80 Å². The summed E-state index contributed by atoms with van der Waals surface area (Å²) in [7, 11) is 1.84. The van der Waals surface area contributed by atoms with Gasteiger partial charge in [-0.15, -0.1) is 0 Å². The van der Waals surface area contributed by atoms with Crippen molar-refractivity contribution < 1.29 is 9.53 Å². The number of amides is 1. The fraction of sp³-hybridized carbons (Fsp3) is 0.909. The van der Waals surface area contributed by atoms with Crippen LogP contribution in [-0.2, 0) is 9.53 Å². The van der Waals surface area contributed by atoms with Crippen molar-refractivity contribution in [1.29, 1.82) is 0 Å². The molecule has 1 saturated heterocycles. The zero-order valence-corrected chi connectivity index (χ0v) is 10.5. The summed E-state index contributed by atoms with van der Waals surface area (Å²) in [5, 5.41) is 0. The number of carbonyl (C=O) groups is 1. The van der Waals surface area contributed by atoms with Crippen LogP contribution in [0.15, 0.2) is 0 Å². The van der Waals surface area contributed by atoms with Gasteiger partial charge in [0.2, 0.25) is 5.91 Å². The lowest BCUT2D eigenvalue weighted by Crippen LogP contribution is -2.53. The zero-order valence-electron chi connectivity index (χ0n) is 10.5. The first kappa shape index (κ1) is 13.4. The monoisotopic (exact) mass is 229 g/mol. The van der Waals surface area contributed by atoms with Crippen LogP contribution in [-0.4, -0.2) is 67.7 Å². The largest absolute Gasteiger partial charge is 0.378 e. The Balaban J connectivity index is 2.48. The van der Waals surface area contributed by atoms with E-state index in [9.17, 15) is 4.79 Å². The summed E-state index contributed by atoms with van der Waals surface area (Å²) in [5.41, 5.74) is 5.66. The van der Waals surface area contributed by atoms with E-state index in [1.165, 1.54) is 0 Å². The van der Waals surface area contributed by atoms with Crippen molar-refractivity contribution in [3.8, 4) is 0 Å². The van der Waals surface area contributed by atoms with Gasteiger partial charge in [0.05, 0.1) is 19.8 Å². The number of nitrogens with zero attached hydrogens (tertiary/aromatic N) is 2. The minimum atomic E-state index is 0.148. The third-order valence-corrected chi connectivity index (χ3v) is 3.13. The van der Waals surface area contributed by atoms with E-state index in [1.807, 2.05) is 20.9 Å². The summed E-state index contributed by atoms with van der Waals surface area (Å²) in [4.78, 5) is 15.8. The van der Waals surface area contributed by atoms with Gasteiger partial charge in [0.25, 0.3) is 0 Å². The highest BCUT2D eigenvalue weighted by atomic mass is 16.5. The fourth-order valence-corrected chi connectivity index (χ4v) is 1.69. The van der Waals surface area contributed by atoms with Gasteiger partial charge in [0.1, 0.15) is 0 Å². The van der Waals surface area contributed by atoms with Gasteiger partial charge in [0.15, 0.2) is 0 Å². The van der Waals surface area contributed by atoms with E-state index >= 15 is 0 Å². The standard InChI is InChI=1S/C11H23N3O2/c1-9(2)13(3)11(15)7-14-4-5-16-8-10(14)6-12/h9-10H,4-8,12H2,1-3H3. The van der Waals surface area contributed by atoms with Gasteiger partial charge >= 0.3 is 0 Å². The lowest BCUT2D eigenvalue weighted by molar-refractivity contribution is -0.134. The van der Waals surface area contributed by atoms with Gasteiger partial charge in [-0.2, -0.15) is 0 Å². The predicted octanol–water partition coefficient (Wildman–Crippen LogP) is -0.487. The van der Waals surface area contributed by atoms with Gasteiger partial charge in [-0.05, 0) is 13.8 Å². The molecule has 0 bridgehead atoms. The molecule has 16 heavy (non-hydrogen) atoms. The number of hydrogen-bond donors (Lipinski definition) is 1. The summed E-state index contributed by atoms with van der Waals surface area (Å²) < 4.78 is 5.35. The highest BCUT2D eigenvalue weighted by Gasteiger charge is 2.25. The van der Waals surface area contributed by atoms with Crippen LogP contribution in [0.25, 0.3) is 0 Å². The molecule has 1 unspecified atom stereocenters. The smallest absolute Gasteiger partial charge is 0.236 e. The number of rotatable bonds is 4. The SMILES string of the molecule is CC(C)N(C)C(=O)CN1CCOCC1CN. The van der Waals surface area contributed by atoms with Crippen LogP contribution < -0.4 is 5.73 Å². The Kier molecular flexibility index (Phi) is 5.18. The van der Waals surface area contributed by atoms with Gasteiger partial charge in [-0.3, -0.25) is 9.69 Å². The third-order valence-electron chi connectivity index (χ3n) is 3.13. The molecule has 5 nitrogen and oxygen atoms in total. The zero-order chi connectivity index (χ0) is 12.1. The molecule has 0 aromatic heterocycles. The van der Waals surface area contributed by atoms with Crippen molar-refractivity contribution in [2.75, 3.05) is 39.9 Å². The van der Waals surface area contributed by atoms with Crippen molar-refractivity contribution in [2.24, 2.45) is 5.73 Å². The number of nitrogens with two attached hydrogens (primary N) is 1. The van der Waals surface area contributed by atoms with Crippen LogP contribution in [0, 0.1) is 0 Å². The molecule has 1 atom stereocenters. The Labute approximate surface area is 97.5 Å². The first-order valence-corrected chi connectivity index (χ1v) is 5.83. The minimum Gasteiger partial charge on any atom is -0.378 e. The molecule has 5 heteroatoms. The molecule has 0 aliphatic carbocycles. The summed E-state index contributed by atoms with van der Waals surface area (Å²) in [5.74, 6) is 0.148. The third kappa shape index (κ3) is 3.43. The molecule has 0 radical (unpaired) electrons. The normalized spacial score (nSPS) is 22.4. The molecule has 94 valence electrons. The van der Waals surface area contributed by atoms with Gasteiger partial charge in [-0.1, -0.05) is 0 Å². The van der Waals surface area contributed by atoms with Crippen LogP contribution in [0.2, 0.25) is 0 Å². The lowest BCUT2D eigenvalue weighted by Gasteiger charge is -2.35. The maximum atomic E-state index is 11.9. The number of morpholine rings is 1. The summed E-state index contributed by atoms with van der Waals surface area (Å²) in [6.07, 6.45) is 0. The molecule has 0 aromatic carbocycles. The van der Waals surface area contributed by atoms with Crippen molar-refractivity contribution in [3.05, 3.63) is 0 Å². The quantitative estimate of drug-likeness (QED) is 0.707. The van der Waals surface area contributed by atoms with Gasteiger partial charge in [-0.25, -0.2) is 0 Å². The van der Waals surface area contributed by atoms with E-state index in [2.05, 4.69) is 4.90 Å². The Morgan fingerprint density at radius 2 is 2.31 bits per heavy atom. The first-order chi connectivity index (χ1) is 7.56. The Morgan fingerprint density at radius 1 is 1.62 bits per heavy atom. The molecule has 1 heterocycles. The highest BCUT2D eigenvalue weighted by Crippen LogP contribution is 2.06. The molecule has 0 spiro atoms. The van der Waals surface area contributed by atoms with E-state index < -0.39 is 0 Å². The van der Waals surface area contributed by atoms with Crippen LogP contribution in [0.5, 0.6) is 0 Å². The van der Waals surface area contributed by atoms with E-state index in [1.54, 1.807) is 4.90 Å². The van der Waals surface area contributed by atoms with E-state index in [4.69, 9.17) is 10.5 Å². The molecule has 0 saturated carbocycles. The molecule has 0 aromatic rings. The molecule has 1 aliphatic rings. The van der Waals surface area contributed by atoms with Crippen LogP contribution >= 0.6 is 0 Å². The predicted molar refractivity (Wildman–Crippen MR) is 63.1 cm³/mol. The summed E-state index contributed by atoms with van der Waals surface area (Å²) in [6.45, 7) is 7.12. The molecule has 1 fully saturated rings. The molecule has 2 N–H and O–H groups in total. The second-order valence-corrected chi connectivity index (χ2v) is 4.53. The molecule has 1 amide bonds. The van der Waals surface area contributed by atoms with Crippen LogP contribution in [0.3, 0.4) is 0 Å². The van der Waals surface area contributed by atoms with Crippen molar-refractivity contribution >= 4 is 5.91 Å². The van der Waals surface area contributed by atoms with Crippen molar-refractivity contribution in [3.63, 3.8) is 0 Å². The average Bonchev–Trinajstić information content (AvgIpc) is 2.28. The maximum Gasteiger partial charge on any atom is 0.236 e. The highest BCUT2D eigenvalue weighted by molar-refractivity contribution is 5.78. The number of hydrogen-bond acceptors (Lipinski definition) is 4. The Bertz CT molecular complexity index is 233. The summed E-state index contributed by atoms with van der Waals surface area (Å²) in [6, 6.07) is 0.420. The minimum absolute atomic E-state index is 0.148. The van der Waals surface area contributed by atoms with E-state index in [-0.39, 0.29) is 18.0 Å². The van der Waals surface area contributed by atoms with Gasteiger partial charge in [0, 0.05) is 32.2 Å². The molecular formula is C11H23N3O2. The number of carbonyl (C=O) groups excluding carboxylic acids is 1. The average molecular weight is 229 g/mol. The second-order valence-electron chi connectivity index (χ2n) is 4.53. The fourth-order valence-electron chi connectivity index (χ4n) is 1.69. The van der Waals surface area contributed by atoms with Crippen LogP contribution in [0.4, 0.5) is 0 Å². The van der Waals surface area contributed by atoms with Crippen LogP contribution in [0.1, 0.15) is 13.8 Å². The topological polar surface area (TPSA) is 58.8 Å². The maximum absolute atomic E-state index is 11.9. The molecular weight excluding hydrogens is 206 g/mol. The van der Waals surface area contributed by atoms with Crippen molar-refractivity contribution in [2.45, 2.75) is 25.9 Å². The molecule has 1 aliphatic heterocycles. The second kappa shape index (κ2) is 6.18. The number of likely N-dealkylation sites (N-methyl/N-ethyl adjacent to an activating group) is 1.